The molecule has 3 aromatic heterocycles. The maximum absolute atomic E-state index is 4.69. The number of aromatic nitrogens is 3. The highest BCUT2D eigenvalue weighted by Crippen LogP contribution is 2.38. The summed E-state index contributed by atoms with van der Waals surface area (Å²) in [4.78, 5) is 4.69. The second kappa shape index (κ2) is 8.94. The quantitative estimate of drug-likeness (QED) is 0.205. The number of rotatable bonds is 3. The summed E-state index contributed by atoms with van der Waals surface area (Å²) in [5, 5.41) is 5.00. The van der Waals surface area contributed by atoms with Crippen LogP contribution >= 0.6 is 15.9 Å². The highest BCUT2D eigenvalue weighted by Gasteiger charge is 2.17. The Hall–Kier alpha value is -4.67. The molecule has 0 N–H and O–H groups in total. The highest BCUT2D eigenvalue weighted by molar-refractivity contribution is 9.10. The number of hydrogen-bond acceptors (Lipinski definition) is 1. The van der Waals surface area contributed by atoms with Gasteiger partial charge in [0.15, 0.2) is 0 Å². The van der Waals surface area contributed by atoms with E-state index in [0.717, 1.165) is 32.7 Å². The molecule has 4 heteroatoms. The van der Waals surface area contributed by atoms with E-state index in [1.807, 2.05) is 12.3 Å². The van der Waals surface area contributed by atoms with Gasteiger partial charge in [-0.15, -0.1) is 0 Å². The molecule has 0 aliphatic carbocycles. The largest absolute Gasteiger partial charge is 0.309 e. The van der Waals surface area contributed by atoms with Gasteiger partial charge < -0.3 is 9.13 Å². The second-order valence-electron chi connectivity index (χ2n) is 10.3. The molecule has 0 aliphatic rings. The van der Waals surface area contributed by atoms with Crippen molar-refractivity contribution in [3.63, 3.8) is 0 Å². The Morgan fingerprint density at radius 3 is 1.75 bits per heavy atom. The lowest BCUT2D eigenvalue weighted by Crippen LogP contribution is -1.97. The molecule has 3 heterocycles. The predicted molar refractivity (Wildman–Crippen MR) is 171 cm³/mol. The van der Waals surface area contributed by atoms with Crippen LogP contribution in [0.5, 0.6) is 0 Å². The fourth-order valence-electron chi connectivity index (χ4n) is 6.21. The lowest BCUT2D eigenvalue weighted by atomic mass is 10.1. The minimum Gasteiger partial charge on any atom is -0.309 e. The molecule has 0 saturated carbocycles. The Morgan fingerprint density at radius 1 is 0.525 bits per heavy atom. The van der Waals surface area contributed by atoms with Gasteiger partial charge in [0.1, 0.15) is 0 Å². The van der Waals surface area contributed by atoms with Crippen molar-refractivity contribution in [3.05, 3.63) is 138 Å². The molecular formula is C36H24BrN3. The number of hydrogen-bond donors (Lipinski definition) is 0. The lowest BCUT2D eigenvalue weighted by molar-refractivity contribution is 1.16. The van der Waals surface area contributed by atoms with Crippen molar-refractivity contribution in [2.24, 2.45) is 0 Å². The maximum atomic E-state index is 4.69. The van der Waals surface area contributed by atoms with Crippen LogP contribution in [0.4, 0.5) is 0 Å². The number of fused-ring (bicyclic) bond motifs is 6. The first-order valence-corrected chi connectivity index (χ1v) is 14.2. The third-order valence-electron chi connectivity index (χ3n) is 7.92. The fraction of sp³-hybridized carbons (Fsp3) is 0.0278. The Morgan fingerprint density at radius 2 is 1.10 bits per heavy atom. The molecule has 0 amide bonds. The van der Waals surface area contributed by atoms with Crippen LogP contribution in [0.15, 0.2) is 132 Å². The van der Waals surface area contributed by atoms with E-state index in [1.165, 1.54) is 43.6 Å². The summed E-state index contributed by atoms with van der Waals surface area (Å²) < 4.78 is 5.78. The summed E-state index contributed by atoms with van der Waals surface area (Å²) in [6.07, 6.45) is 1.86. The molecule has 5 aromatic carbocycles. The third kappa shape index (κ3) is 3.46. The van der Waals surface area contributed by atoms with Crippen molar-refractivity contribution < 1.29 is 0 Å². The fourth-order valence-corrected chi connectivity index (χ4v) is 6.69. The summed E-state index contributed by atoms with van der Waals surface area (Å²) in [5.74, 6) is 0. The molecule has 40 heavy (non-hydrogen) atoms. The molecule has 3 nitrogen and oxygen atoms in total. The van der Waals surface area contributed by atoms with E-state index in [9.17, 15) is 0 Å². The van der Waals surface area contributed by atoms with Crippen molar-refractivity contribution in [1.82, 2.24) is 14.1 Å². The highest BCUT2D eigenvalue weighted by atomic mass is 79.9. The van der Waals surface area contributed by atoms with Crippen LogP contribution in [-0.2, 0) is 0 Å². The van der Waals surface area contributed by atoms with Crippen molar-refractivity contribution in [2.75, 3.05) is 0 Å². The Balaban J connectivity index is 1.41. The molecular weight excluding hydrogens is 554 g/mol. The van der Waals surface area contributed by atoms with Crippen LogP contribution in [0.2, 0.25) is 0 Å². The normalized spacial score (nSPS) is 11.8. The van der Waals surface area contributed by atoms with E-state index >= 15 is 0 Å². The zero-order valence-electron chi connectivity index (χ0n) is 21.8. The first kappa shape index (κ1) is 23.2. The first-order chi connectivity index (χ1) is 19.7. The Kier molecular flexibility index (Phi) is 5.19. The van der Waals surface area contributed by atoms with Crippen LogP contribution in [0.1, 0.15) is 5.56 Å². The lowest BCUT2D eigenvalue weighted by Gasteiger charge is -2.13. The Bertz CT molecular complexity index is 2200. The summed E-state index contributed by atoms with van der Waals surface area (Å²) in [7, 11) is 0. The average molecular weight is 579 g/mol. The molecule has 0 bridgehead atoms. The Labute approximate surface area is 240 Å². The summed E-state index contributed by atoms with van der Waals surface area (Å²) in [5.41, 5.74) is 10.3. The van der Waals surface area contributed by atoms with Crippen LogP contribution in [0.25, 0.3) is 66.2 Å². The maximum Gasteiger partial charge on any atom is 0.0732 e. The van der Waals surface area contributed by atoms with E-state index < -0.39 is 0 Å². The van der Waals surface area contributed by atoms with E-state index in [1.54, 1.807) is 0 Å². The van der Waals surface area contributed by atoms with Gasteiger partial charge in [0.25, 0.3) is 0 Å². The van der Waals surface area contributed by atoms with Gasteiger partial charge >= 0.3 is 0 Å². The van der Waals surface area contributed by atoms with Gasteiger partial charge in [0.2, 0.25) is 0 Å². The van der Waals surface area contributed by atoms with Gasteiger partial charge in [-0.1, -0.05) is 76.6 Å². The molecule has 0 saturated heterocycles. The summed E-state index contributed by atoms with van der Waals surface area (Å²) in [6, 6.07) is 43.6. The van der Waals surface area contributed by atoms with E-state index in [0.29, 0.717) is 0 Å². The number of para-hydroxylation sites is 3. The molecule has 0 unspecified atom stereocenters. The number of pyridine rings is 1. The van der Waals surface area contributed by atoms with Gasteiger partial charge in [-0.3, -0.25) is 4.98 Å². The van der Waals surface area contributed by atoms with E-state index in [-0.39, 0.29) is 0 Å². The van der Waals surface area contributed by atoms with Crippen molar-refractivity contribution >= 4 is 59.5 Å². The minimum atomic E-state index is 1.000. The molecule has 0 atom stereocenters. The van der Waals surface area contributed by atoms with E-state index in [2.05, 4.69) is 147 Å². The topological polar surface area (TPSA) is 22.8 Å². The predicted octanol–water partition coefficient (Wildman–Crippen LogP) is 10.0. The van der Waals surface area contributed by atoms with E-state index in [4.69, 9.17) is 4.98 Å². The van der Waals surface area contributed by atoms with Crippen LogP contribution in [0.3, 0.4) is 0 Å². The van der Waals surface area contributed by atoms with Gasteiger partial charge in [0.05, 0.1) is 27.8 Å². The molecule has 0 fully saturated rings. The second-order valence-corrected chi connectivity index (χ2v) is 11.2. The molecule has 8 rings (SSSR count). The van der Waals surface area contributed by atoms with Gasteiger partial charge in [-0.2, -0.15) is 0 Å². The standard InChI is InChI=1S/C36H24BrN3/c1-23-9-8-18-38-36(23)24-19-25(37)21-27(20-24)40-34-15-7-4-12-30(34)31-22-26(16-17-35(31)40)39-32-13-5-2-10-28(32)29-11-3-6-14-33(29)39/h2-22H,1H3. The van der Waals surface area contributed by atoms with Crippen LogP contribution < -0.4 is 0 Å². The van der Waals surface area contributed by atoms with Crippen molar-refractivity contribution in [2.45, 2.75) is 6.92 Å². The number of halogens is 1. The zero-order chi connectivity index (χ0) is 26.8. The smallest absolute Gasteiger partial charge is 0.0732 e. The monoisotopic (exact) mass is 577 g/mol. The third-order valence-corrected chi connectivity index (χ3v) is 8.38. The van der Waals surface area contributed by atoms with Gasteiger partial charge in [-0.05, 0) is 73.2 Å². The summed E-state index contributed by atoms with van der Waals surface area (Å²) >= 11 is 3.79. The first-order valence-electron chi connectivity index (χ1n) is 13.4. The summed E-state index contributed by atoms with van der Waals surface area (Å²) in [6.45, 7) is 2.11. The van der Waals surface area contributed by atoms with Crippen LogP contribution in [-0.4, -0.2) is 14.1 Å². The van der Waals surface area contributed by atoms with Gasteiger partial charge in [-0.25, -0.2) is 0 Å². The molecule has 0 aliphatic heterocycles. The molecule has 0 spiro atoms. The number of nitrogens with zero attached hydrogens (tertiary/aromatic N) is 3. The number of aryl methyl sites for hydroxylation is 1. The van der Waals surface area contributed by atoms with Crippen LogP contribution in [0, 0.1) is 6.92 Å². The van der Waals surface area contributed by atoms with Crippen molar-refractivity contribution in [1.29, 1.82) is 0 Å². The van der Waals surface area contributed by atoms with Gasteiger partial charge in [0, 0.05) is 49.2 Å². The SMILES string of the molecule is Cc1cccnc1-c1cc(Br)cc(-n2c3ccccc3c3cc(-n4c5ccccc5c5ccccc54)ccc32)c1. The zero-order valence-corrected chi connectivity index (χ0v) is 23.4. The number of benzene rings is 5. The minimum absolute atomic E-state index is 1.000. The molecule has 8 aromatic rings. The average Bonchev–Trinajstić information content (AvgIpc) is 3.50. The van der Waals surface area contributed by atoms with Crippen molar-refractivity contribution in [3.8, 4) is 22.6 Å². The molecule has 0 radical (unpaired) electrons. The molecule has 190 valence electrons.